The average molecular weight is 1250 g/mol. The van der Waals surface area contributed by atoms with Gasteiger partial charge in [0.15, 0.2) is 23.2 Å². The van der Waals surface area contributed by atoms with Crippen LogP contribution in [0.4, 0.5) is 5.69 Å². The highest BCUT2D eigenvalue weighted by Gasteiger charge is 2.23. The van der Waals surface area contributed by atoms with E-state index in [2.05, 4.69) is 238 Å². The lowest BCUT2D eigenvalue weighted by atomic mass is 9.98. The van der Waals surface area contributed by atoms with E-state index in [-0.39, 0.29) is 0 Å². The molecule has 0 amide bonds. The van der Waals surface area contributed by atoms with Crippen LogP contribution in [0.25, 0.3) is 172 Å². The molecule has 0 radical (unpaired) electrons. The Labute approximate surface area is 566 Å². The summed E-state index contributed by atoms with van der Waals surface area (Å²) in [7, 11) is 0. The highest BCUT2D eigenvalue weighted by molar-refractivity contribution is 6.13. The topological polar surface area (TPSA) is 100 Å². The van der Waals surface area contributed by atoms with E-state index in [9.17, 15) is 10.5 Å². The van der Waals surface area contributed by atoms with Crippen LogP contribution in [0, 0.1) is 29.2 Å². The van der Waals surface area contributed by atoms with Gasteiger partial charge in [0.2, 0.25) is 0 Å². The molecular formula is C90H54N8. The Hall–Kier alpha value is -13.8. The lowest BCUT2D eigenvalue weighted by Crippen LogP contribution is -2.03. The summed E-state index contributed by atoms with van der Waals surface area (Å²) in [6.45, 7) is 7.90. The first-order chi connectivity index (χ1) is 48.4. The maximum atomic E-state index is 10.4. The van der Waals surface area contributed by atoms with Gasteiger partial charge in [-0.3, -0.25) is 0 Å². The third-order valence-electron chi connectivity index (χ3n) is 18.6. The fraction of sp³-hybridized carbons (Fsp3) is 0. The SMILES string of the molecule is [C-]#[N+]c1ccc(-c2cc(-c3nc(-c4cccc(-c5ccccc5C#N)c4)nc(-c4cc(-c5ccc(C#N)cc5)cc(-n5c6ccc(-c7ccccc7)cc6c6cc(-c7ccccc7)ccc65)c4)n3)cc(-n3c4ccc(-c5ccccc5)cc4c4cc(-c5ccccc5)ccc43)c2)cc1. The number of nitriles is 2. The van der Waals surface area contributed by atoms with Gasteiger partial charge in [0, 0.05) is 49.6 Å². The minimum Gasteiger partial charge on any atom is -0.309 e. The van der Waals surface area contributed by atoms with Crippen LogP contribution < -0.4 is 0 Å². The van der Waals surface area contributed by atoms with Gasteiger partial charge in [0.1, 0.15) is 0 Å². The average Bonchev–Trinajstić information content (AvgIpc) is 1.58. The maximum absolute atomic E-state index is 10.4. The van der Waals surface area contributed by atoms with Crippen LogP contribution in [-0.2, 0) is 0 Å². The minimum atomic E-state index is 0.426. The van der Waals surface area contributed by atoms with Crippen molar-refractivity contribution in [3.05, 3.63) is 350 Å². The molecule has 0 atom stereocenters. The van der Waals surface area contributed by atoms with E-state index < -0.39 is 0 Å². The Bertz CT molecular complexity index is 5590. The van der Waals surface area contributed by atoms with Crippen molar-refractivity contribution in [2.75, 3.05) is 0 Å². The summed E-state index contributed by atoms with van der Waals surface area (Å²) in [5.74, 6) is 1.28. The number of aromatic nitrogens is 5. The Balaban J connectivity index is 0.927. The van der Waals surface area contributed by atoms with Crippen LogP contribution in [-0.4, -0.2) is 24.1 Å². The van der Waals surface area contributed by atoms with Crippen molar-refractivity contribution in [1.82, 2.24) is 24.1 Å². The predicted octanol–water partition coefficient (Wildman–Crippen LogP) is 23.0. The molecule has 17 rings (SSSR count). The quantitative estimate of drug-likeness (QED) is 0.113. The summed E-state index contributed by atoms with van der Waals surface area (Å²) in [6.07, 6.45) is 0. The summed E-state index contributed by atoms with van der Waals surface area (Å²) >= 11 is 0. The summed E-state index contributed by atoms with van der Waals surface area (Å²) in [6, 6.07) is 118. The molecule has 0 fully saturated rings. The highest BCUT2D eigenvalue weighted by atomic mass is 15.0. The second-order valence-corrected chi connectivity index (χ2v) is 24.5. The Kier molecular flexibility index (Phi) is 14.5. The first-order valence-electron chi connectivity index (χ1n) is 32.4. The van der Waals surface area contributed by atoms with Gasteiger partial charge in [-0.25, -0.2) is 19.8 Å². The van der Waals surface area contributed by atoms with Crippen molar-refractivity contribution in [3.63, 3.8) is 0 Å². The van der Waals surface area contributed by atoms with E-state index in [0.717, 1.165) is 150 Å². The zero-order valence-corrected chi connectivity index (χ0v) is 52.8. The minimum absolute atomic E-state index is 0.426. The largest absolute Gasteiger partial charge is 0.309 e. The number of hydrogen-bond donors (Lipinski definition) is 0. The second-order valence-electron chi connectivity index (χ2n) is 24.5. The second kappa shape index (κ2) is 24.6. The van der Waals surface area contributed by atoms with Crippen molar-refractivity contribution in [2.24, 2.45) is 0 Å². The molecule has 454 valence electrons. The molecule has 3 aromatic heterocycles. The van der Waals surface area contributed by atoms with E-state index >= 15 is 0 Å². The summed E-state index contributed by atoms with van der Waals surface area (Å²) in [5.41, 5.74) is 23.9. The van der Waals surface area contributed by atoms with Crippen LogP contribution in [0.5, 0.6) is 0 Å². The van der Waals surface area contributed by atoms with Crippen LogP contribution in [0.2, 0.25) is 0 Å². The molecule has 0 unspecified atom stereocenters. The zero-order chi connectivity index (χ0) is 65.6. The van der Waals surface area contributed by atoms with Crippen molar-refractivity contribution < 1.29 is 0 Å². The predicted molar refractivity (Wildman–Crippen MR) is 399 cm³/mol. The monoisotopic (exact) mass is 1250 g/mol. The van der Waals surface area contributed by atoms with Crippen molar-refractivity contribution in [2.45, 2.75) is 0 Å². The van der Waals surface area contributed by atoms with Crippen LogP contribution in [0.3, 0.4) is 0 Å². The van der Waals surface area contributed by atoms with Crippen LogP contribution >= 0.6 is 0 Å². The molecule has 0 bridgehead atoms. The molecule has 0 aliphatic heterocycles. The molecule has 17 aromatic rings. The number of benzene rings is 14. The molecule has 0 aliphatic carbocycles. The smallest absolute Gasteiger partial charge is 0.187 e. The summed E-state index contributed by atoms with van der Waals surface area (Å²) in [4.78, 5) is 20.5. The molecular weight excluding hydrogens is 1190 g/mol. The number of fused-ring (bicyclic) bond motifs is 6. The molecule has 0 N–H and O–H groups in total. The molecule has 8 nitrogen and oxygen atoms in total. The van der Waals surface area contributed by atoms with Gasteiger partial charge in [0.05, 0.1) is 51.9 Å². The van der Waals surface area contributed by atoms with Crippen molar-refractivity contribution >= 4 is 49.3 Å². The Morgan fingerprint density at radius 1 is 0.265 bits per heavy atom. The van der Waals surface area contributed by atoms with Gasteiger partial charge in [-0.15, -0.1) is 0 Å². The Morgan fingerprint density at radius 2 is 0.592 bits per heavy atom. The van der Waals surface area contributed by atoms with Crippen molar-refractivity contribution in [1.29, 1.82) is 10.5 Å². The van der Waals surface area contributed by atoms with Crippen LogP contribution in [0.15, 0.2) is 328 Å². The van der Waals surface area contributed by atoms with E-state index in [4.69, 9.17) is 21.5 Å². The van der Waals surface area contributed by atoms with Crippen LogP contribution in [0.1, 0.15) is 11.1 Å². The van der Waals surface area contributed by atoms with E-state index in [1.165, 1.54) is 0 Å². The van der Waals surface area contributed by atoms with Gasteiger partial charge in [-0.1, -0.05) is 218 Å². The van der Waals surface area contributed by atoms with Gasteiger partial charge in [-0.2, -0.15) is 10.5 Å². The molecule has 0 saturated heterocycles. The fourth-order valence-electron chi connectivity index (χ4n) is 13.8. The third-order valence-corrected chi connectivity index (χ3v) is 18.6. The fourth-order valence-corrected chi connectivity index (χ4v) is 13.8. The molecule has 98 heavy (non-hydrogen) atoms. The Morgan fingerprint density at radius 3 is 0.990 bits per heavy atom. The zero-order valence-electron chi connectivity index (χ0n) is 52.8. The normalized spacial score (nSPS) is 11.2. The van der Waals surface area contributed by atoms with Gasteiger partial charge >= 0.3 is 0 Å². The molecule has 0 aliphatic rings. The third kappa shape index (κ3) is 10.7. The molecule has 0 spiro atoms. The van der Waals surface area contributed by atoms with E-state index in [1.807, 2.05) is 115 Å². The molecule has 3 heterocycles. The summed E-state index contributed by atoms with van der Waals surface area (Å²) < 4.78 is 4.69. The lowest BCUT2D eigenvalue weighted by Gasteiger charge is -2.16. The number of nitrogens with zero attached hydrogens (tertiary/aromatic N) is 8. The standard InChI is InChI=1S/C90H54N8/c1-93-76-39-33-64(34-40-76)73-47-75(51-78(49-73)98-86-43-37-67(61-21-10-4-11-22-61)54-82(86)83-55-68(38-44-87(83)98)62-23-12-5-13-24-62)90-95-88(70-27-16-26-69(45-70)79-28-15-14-25-71(79)57-92)94-89(96-90)74-46-72(63-31-29-58(56-91)30-32-63)48-77(50-74)97-84-41-35-65(59-17-6-2-7-18-59)52-80(84)81-53-66(36-42-85(81)97)60-19-8-3-9-20-60/h2-55H. The summed E-state index contributed by atoms with van der Waals surface area (Å²) in [5, 5.41) is 24.9. The lowest BCUT2D eigenvalue weighted by molar-refractivity contribution is 1.07. The van der Waals surface area contributed by atoms with E-state index in [1.54, 1.807) is 0 Å². The molecule has 8 heteroatoms. The maximum Gasteiger partial charge on any atom is 0.187 e. The molecule has 14 aromatic carbocycles. The first-order valence-corrected chi connectivity index (χ1v) is 32.4. The number of rotatable bonds is 12. The van der Waals surface area contributed by atoms with Gasteiger partial charge < -0.3 is 9.13 Å². The van der Waals surface area contributed by atoms with Gasteiger partial charge in [-0.05, 0) is 187 Å². The van der Waals surface area contributed by atoms with E-state index in [0.29, 0.717) is 34.3 Å². The first kappa shape index (κ1) is 58.0. The number of hydrogen-bond acceptors (Lipinski definition) is 5. The molecule has 0 saturated carbocycles. The highest BCUT2D eigenvalue weighted by Crippen LogP contribution is 2.43. The van der Waals surface area contributed by atoms with Crippen molar-refractivity contribution in [3.8, 4) is 136 Å². The van der Waals surface area contributed by atoms with Gasteiger partial charge in [0.25, 0.3) is 0 Å².